The predicted molar refractivity (Wildman–Crippen MR) is 66.0 cm³/mol. The van der Waals surface area contributed by atoms with Gasteiger partial charge in [0.1, 0.15) is 12.4 Å². The van der Waals surface area contributed by atoms with E-state index >= 15 is 0 Å². The van der Waals surface area contributed by atoms with Crippen molar-refractivity contribution in [3.05, 3.63) is 29.3 Å². The second-order valence-corrected chi connectivity index (χ2v) is 4.14. The second kappa shape index (κ2) is 6.51. The molecular formula is C13H21NO2. The molecular weight excluding hydrogens is 202 g/mol. The van der Waals surface area contributed by atoms with Crippen molar-refractivity contribution < 1.29 is 9.84 Å². The van der Waals surface area contributed by atoms with Gasteiger partial charge >= 0.3 is 0 Å². The first-order chi connectivity index (χ1) is 7.63. The first-order valence-corrected chi connectivity index (χ1v) is 5.63. The summed E-state index contributed by atoms with van der Waals surface area (Å²) in [6.45, 7) is 6.47. The predicted octanol–water partition coefficient (Wildman–Crippen LogP) is 1.61. The van der Waals surface area contributed by atoms with Crippen LogP contribution in [0.1, 0.15) is 11.1 Å². The fourth-order valence-electron chi connectivity index (χ4n) is 1.46. The molecule has 3 nitrogen and oxygen atoms in total. The summed E-state index contributed by atoms with van der Waals surface area (Å²) in [5.41, 5.74) is 2.37. The molecule has 0 atom stereocenters. The van der Waals surface area contributed by atoms with Crippen molar-refractivity contribution in [2.45, 2.75) is 13.8 Å². The molecule has 0 saturated carbocycles. The summed E-state index contributed by atoms with van der Waals surface area (Å²) in [4.78, 5) is 2.05. The van der Waals surface area contributed by atoms with E-state index in [1.807, 2.05) is 18.9 Å². The summed E-state index contributed by atoms with van der Waals surface area (Å²) in [5, 5.41) is 8.75. The maximum Gasteiger partial charge on any atom is 0.122 e. The van der Waals surface area contributed by atoms with E-state index in [2.05, 4.69) is 25.1 Å². The zero-order valence-corrected chi connectivity index (χ0v) is 10.4. The van der Waals surface area contributed by atoms with Crippen molar-refractivity contribution in [2.75, 3.05) is 33.4 Å². The number of rotatable bonds is 6. The van der Waals surface area contributed by atoms with E-state index < -0.39 is 0 Å². The Kier molecular flexibility index (Phi) is 5.29. The average molecular weight is 223 g/mol. The summed E-state index contributed by atoms with van der Waals surface area (Å²) < 4.78 is 5.71. The molecule has 0 amide bonds. The first-order valence-electron chi connectivity index (χ1n) is 5.63. The van der Waals surface area contributed by atoms with Gasteiger partial charge in [-0.1, -0.05) is 12.1 Å². The number of hydrogen-bond acceptors (Lipinski definition) is 3. The van der Waals surface area contributed by atoms with Crippen LogP contribution >= 0.6 is 0 Å². The van der Waals surface area contributed by atoms with Crippen molar-refractivity contribution in [1.29, 1.82) is 0 Å². The van der Waals surface area contributed by atoms with Crippen LogP contribution < -0.4 is 4.74 Å². The molecule has 0 fully saturated rings. The lowest BCUT2D eigenvalue weighted by Gasteiger charge is -2.16. The zero-order chi connectivity index (χ0) is 12.0. The molecule has 0 unspecified atom stereocenters. The van der Waals surface area contributed by atoms with Gasteiger partial charge in [0.25, 0.3) is 0 Å². The lowest BCUT2D eigenvalue weighted by Crippen LogP contribution is -2.27. The normalized spacial score (nSPS) is 10.8. The molecule has 1 aromatic rings. The molecule has 0 radical (unpaired) electrons. The summed E-state index contributed by atoms with van der Waals surface area (Å²) >= 11 is 0. The van der Waals surface area contributed by atoms with Crippen LogP contribution in [0, 0.1) is 13.8 Å². The highest BCUT2D eigenvalue weighted by molar-refractivity contribution is 5.35. The van der Waals surface area contributed by atoms with Crippen LogP contribution in [0.25, 0.3) is 0 Å². The van der Waals surface area contributed by atoms with Crippen molar-refractivity contribution in [2.24, 2.45) is 0 Å². The van der Waals surface area contributed by atoms with Crippen molar-refractivity contribution in [3.63, 3.8) is 0 Å². The van der Waals surface area contributed by atoms with E-state index in [0.717, 1.165) is 17.9 Å². The molecule has 1 N–H and O–H groups in total. The number of likely N-dealkylation sites (N-methyl/N-ethyl adjacent to an activating group) is 1. The minimum absolute atomic E-state index is 0.194. The van der Waals surface area contributed by atoms with Gasteiger partial charge in [0.2, 0.25) is 0 Å². The van der Waals surface area contributed by atoms with E-state index in [9.17, 15) is 0 Å². The van der Waals surface area contributed by atoms with Gasteiger partial charge in [-0.15, -0.1) is 0 Å². The molecule has 0 aromatic heterocycles. The lowest BCUT2D eigenvalue weighted by molar-refractivity contribution is 0.192. The number of ether oxygens (including phenoxy) is 1. The average Bonchev–Trinajstić information content (AvgIpc) is 2.23. The van der Waals surface area contributed by atoms with Gasteiger partial charge < -0.3 is 14.7 Å². The highest BCUT2D eigenvalue weighted by Crippen LogP contribution is 2.18. The SMILES string of the molecule is Cc1ccc(C)c(OCCN(C)CCO)c1. The Hall–Kier alpha value is -1.06. The van der Waals surface area contributed by atoms with E-state index in [4.69, 9.17) is 9.84 Å². The third-order valence-corrected chi connectivity index (χ3v) is 2.56. The van der Waals surface area contributed by atoms with Crippen LogP contribution in [0.4, 0.5) is 0 Å². The molecule has 0 spiro atoms. The van der Waals surface area contributed by atoms with Crippen molar-refractivity contribution in [3.8, 4) is 5.75 Å². The van der Waals surface area contributed by atoms with Crippen LogP contribution in [0.15, 0.2) is 18.2 Å². The molecule has 90 valence electrons. The molecule has 0 aliphatic carbocycles. The Bertz CT molecular complexity index is 326. The molecule has 1 aromatic carbocycles. The monoisotopic (exact) mass is 223 g/mol. The summed E-state index contributed by atoms with van der Waals surface area (Å²) in [6.07, 6.45) is 0. The molecule has 0 aliphatic rings. The molecule has 3 heteroatoms. The maximum atomic E-state index is 8.75. The quantitative estimate of drug-likeness (QED) is 0.795. The topological polar surface area (TPSA) is 32.7 Å². The number of aliphatic hydroxyl groups is 1. The molecule has 1 rings (SSSR count). The Labute approximate surface area is 97.7 Å². The Balaban J connectivity index is 2.39. The Morgan fingerprint density at radius 1 is 1.25 bits per heavy atom. The van der Waals surface area contributed by atoms with Crippen LogP contribution in [0.2, 0.25) is 0 Å². The fraction of sp³-hybridized carbons (Fsp3) is 0.538. The standard InChI is InChI=1S/C13H21NO2/c1-11-4-5-12(2)13(10-11)16-9-7-14(3)6-8-15/h4-5,10,15H,6-9H2,1-3H3. The lowest BCUT2D eigenvalue weighted by atomic mass is 10.1. The van der Waals surface area contributed by atoms with Crippen LogP contribution in [0.5, 0.6) is 5.75 Å². The van der Waals surface area contributed by atoms with E-state index in [0.29, 0.717) is 13.2 Å². The highest BCUT2D eigenvalue weighted by Gasteiger charge is 2.01. The summed E-state index contributed by atoms with van der Waals surface area (Å²) in [6, 6.07) is 6.21. The van der Waals surface area contributed by atoms with E-state index in [-0.39, 0.29) is 6.61 Å². The molecule has 0 bridgehead atoms. The number of hydrogen-bond donors (Lipinski definition) is 1. The van der Waals surface area contributed by atoms with E-state index in [1.54, 1.807) is 0 Å². The molecule has 16 heavy (non-hydrogen) atoms. The van der Waals surface area contributed by atoms with Gasteiger partial charge in [-0.3, -0.25) is 0 Å². The van der Waals surface area contributed by atoms with Crippen LogP contribution in [-0.4, -0.2) is 43.4 Å². The third kappa shape index (κ3) is 4.21. The molecule has 0 aliphatic heterocycles. The fourth-order valence-corrected chi connectivity index (χ4v) is 1.46. The third-order valence-electron chi connectivity index (χ3n) is 2.56. The van der Waals surface area contributed by atoms with Crippen molar-refractivity contribution in [1.82, 2.24) is 4.90 Å². The van der Waals surface area contributed by atoms with Gasteiger partial charge in [-0.05, 0) is 38.1 Å². The minimum atomic E-state index is 0.194. The zero-order valence-electron chi connectivity index (χ0n) is 10.4. The van der Waals surface area contributed by atoms with Gasteiger partial charge in [-0.2, -0.15) is 0 Å². The summed E-state index contributed by atoms with van der Waals surface area (Å²) in [5.74, 6) is 0.956. The van der Waals surface area contributed by atoms with Gasteiger partial charge in [0.15, 0.2) is 0 Å². The first kappa shape index (κ1) is 13.0. The van der Waals surface area contributed by atoms with Crippen LogP contribution in [0.3, 0.4) is 0 Å². The van der Waals surface area contributed by atoms with Gasteiger partial charge in [0, 0.05) is 13.1 Å². The molecule has 0 saturated heterocycles. The molecule has 0 heterocycles. The largest absolute Gasteiger partial charge is 0.492 e. The number of aryl methyl sites for hydroxylation is 2. The highest BCUT2D eigenvalue weighted by atomic mass is 16.5. The van der Waals surface area contributed by atoms with Crippen molar-refractivity contribution >= 4 is 0 Å². The smallest absolute Gasteiger partial charge is 0.122 e. The van der Waals surface area contributed by atoms with Crippen LogP contribution in [-0.2, 0) is 0 Å². The van der Waals surface area contributed by atoms with E-state index in [1.165, 1.54) is 5.56 Å². The Morgan fingerprint density at radius 2 is 2.00 bits per heavy atom. The number of nitrogens with zero attached hydrogens (tertiary/aromatic N) is 1. The minimum Gasteiger partial charge on any atom is -0.492 e. The maximum absolute atomic E-state index is 8.75. The number of aliphatic hydroxyl groups excluding tert-OH is 1. The second-order valence-electron chi connectivity index (χ2n) is 4.14. The Morgan fingerprint density at radius 3 is 2.69 bits per heavy atom. The van der Waals surface area contributed by atoms with Gasteiger partial charge in [-0.25, -0.2) is 0 Å². The van der Waals surface area contributed by atoms with Gasteiger partial charge in [0.05, 0.1) is 6.61 Å². The summed E-state index contributed by atoms with van der Waals surface area (Å²) in [7, 11) is 1.97. The number of benzene rings is 1.